The van der Waals surface area contributed by atoms with Crippen molar-refractivity contribution >= 4 is 5.91 Å². The van der Waals surface area contributed by atoms with E-state index in [4.69, 9.17) is 4.74 Å². The molecule has 126 valence electrons. The van der Waals surface area contributed by atoms with E-state index in [1.54, 1.807) is 0 Å². The molecule has 1 aromatic rings. The number of amides is 1. The molecule has 2 aliphatic carbocycles. The topological polar surface area (TPSA) is 58.6 Å². The molecule has 2 fully saturated rings. The van der Waals surface area contributed by atoms with E-state index in [1.807, 2.05) is 24.3 Å². The summed E-state index contributed by atoms with van der Waals surface area (Å²) in [5.41, 5.74) is 0.657. The van der Waals surface area contributed by atoms with Crippen LogP contribution in [0.15, 0.2) is 24.3 Å². The smallest absolute Gasteiger partial charge is 0.251 e. The van der Waals surface area contributed by atoms with Gasteiger partial charge in [0.15, 0.2) is 0 Å². The molecule has 0 saturated heterocycles. The lowest BCUT2D eigenvalue weighted by Crippen LogP contribution is -2.38. The Kier molecular flexibility index (Phi) is 5.55. The van der Waals surface area contributed by atoms with Gasteiger partial charge in [-0.05, 0) is 69.6 Å². The van der Waals surface area contributed by atoms with Crippen LogP contribution in [-0.2, 0) is 0 Å². The standard InChI is InChI=1S/C19H27NO3/c21-16-11-9-15(10-12-16)20-19(22)14-5-4-8-18(13-14)23-17-6-2-1-3-7-17/h4-5,8,13,15-17,21H,1-3,6-7,9-12H2,(H,20,22). The van der Waals surface area contributed by atoms with Gasteiger partial charge in [-0.15, -0.1) is 0 Å². The molecular weight excluding hydrogens is 290 g/mol. The van der Waals surface area contributed by atoms with Gasteiger partial charge in [0.25, 0.3) is 5.91 Å². The Balaban J connectivity index is 1.56. The lowest BCUT2D eigenvalue weighted by atomic mass is 9.93. The van der Waals surface area contributed by atoms with Crippen molar-refractivity contribution in [3.8, 4) is 5.75 Å². The highest BCUT2D eigenvalue weighted by molar-refractivity contribution is 5.94. The zero-order valence-corrected chi connectivity index (χ0v) is 13.7. The van der Waals surface area contributed by atoms with Gasteiger partial charge in [0, 0.05) is 11.6 Å². The molecule has 2 N–H and O–H groups in total. The van der Waals surface area contributed by atoms with Crippen LogP contribution in [0.5, 0.6) is 5.75 Å². The van der Waals surface area contributed by atoms with E-state index in [1.165, 1.54) is 19.3 Å². The number of carbonyl (C=O) groups excluding carboxylic acids is 1. The minimum Gasteiger partial charge on any atom is -0.490 e. The summed E-state index contributed by atoms with van der Waals surface area (Å²) in [5, 5.41) is 12.6. The number of aliphatic hydroxyl groups is 1. The van der Waals surface area contributed by atoms with E-state index in [0.717, 1.165) is 44.3 Å². The van der Waals surface area contributed by atoms with Gasteiger partial charge in [-0.1, -0.05) is 12.5 Å². The van der Waals surface area contributed by atoms with Gasteiger partial charge in [0.1, 0.15) is 5.75 Å². The molecule has 0 heterocycles. The molecular formula is C19H27NO3. The van der Waals surface area contributed by atoms with Crippen molar-refractivity contribution in [3.05, 3.63) is 29.8 Å². The van der Waals surface area contributed by atoms with E-state index in [0.29, 0.717) is 11.7 Å². The van der Waals surface area contributed by atoms with Gasteiger partial charge in [0.05, 0.1) is 12.2 Å². The van der Waals surface area contributed by atoms with Gasteiger partial charge in [-0.2, -0.15) is 0 Å². The summed E-state index contributed by atoms with van der Waals surface area (Å²) in [6.07, 6.45) is 9.34. The number of rotatable bonds is 4. The first-order valence-corrected chi connectivity index (χ1v) is 8.96. The maximum atomic E-state index is 12.4. The average molecular weight is 317 g/mol. The van der Waals surface area contributed by atoms with Crippen LogP contribution in [0, 0.1) is 0 Å². The van der Waals surface area contributed by atoms with Crippen molar-refractivity contribution in [1.82, 2.24) is 5.32 Å². The second-order valence-electron chi connectivity index (χ2n) is 6.88. The second kappa shape index (κ2) is 7.82. The van der Waals surface area contributed by atoms with Crippen molar-refractivity contribution in [2.75, 3.05) is 0 Å². The molecule has 0 unspecified atom stereocenters. The second-order valence-corrected chi connectivity index (χ2v) is 6.88. The van der Waals surface area contributed by atoms with Gasteiger partial charge >= 0.3 is 0 Å². The van der Waals surface area contributed by atoms with Crippen LogP contribution in [0.1, 0.15) is 68.1 Å². The maximum absolute atomic E-state index is 12.4. The molecule has 23 heavy (non-hydrogen) atoms. The summed E-state index contributed by atoms with van der Waals surface area (Å²) >= 11 is 0. The van der Waals surface area contributed by atoms with Crippen LogP contribution < -0.4 is 10.1 Å². The summed E-state index contributed by atoms with van der Waals surface area (Å²) in [7, 11) is 0. The Morgan fingerprint density at radius 2 is 1.78 bits per heavy atom. The normalized spacial score (nSPS) is 25.8. The average Bonchev–Trinajstić information content (AvgIpc) is 2.58. The highest BCUT2D eigenvalue weighted by atomic mass is 16.5. The number of nitrogens with one attached hydrogen (secondary N) is 1. The van der Waals surface area contributed by atoms with Crippen molar-refractivity contribution in [1.29, 1.82) is 0 Å². The van der Waals surface area contributed by atoms with E-state index in [2.05, 4.69) is 5.32 Å². The molecule has 0 spiro atoms. The number of ether oxygens (including phenoxy) is 1. The number of hydrogen-bond donors (Lipinski definition) is 2. The minimum atomic E-state index is -0.199. The predicted molar refractivity (Wildman–Crippen MR) is 89.7 cm³/mol. The van der Waals surface area contributed by atoms with Crippen molar-refractivity contribution in [2.45, 2.75) is 76.0 Å². The quantitative estimate of drug-likeness (QED) is 0.894. The van der Waals surface area contributed by atoms with Crippen molar-refractivity contribution in [3.63, 3.8) is 0 Å². The Labute approximate surface area is 138 Å². The molecule has 0 aromatic heterocycles. The number of benzene rings is 1. The largest absolute Gasteiger partial charge is 0.490 e. The summed E-state index contributed by atoms with van der Waals surface area (Å²) in [5.74, 6) is 0.754. The number of aliphatic hydroxyl groups excluding tert-OH is 1. The predicted octanol–water partition coefficient (Wildman–Crippen LogP) is 3.43. The minimum absolute atomic E-state index is 0.0412. The first kappa shape index (κ1) is 16.3. The number of carbonyl (C=O) groups is 1. The first-order chi connectivity index (χ1) is 11.2. The SMILES string of the molecule is O=C(NC1CCC(O)CC1)c1cccc(OC2CCCCC2)c1. The van der Waals surface area contributed by atoms with Crippen molar-refractivity contribution in [2.24, 2.45) is 0 Å². The Hall–Kier alpha value is -1.55. The maximum Gasteiger partial charge on any atom is 0.251 e. The molecule has 1 amide bonds. The molecule has 0 aliphatic heterocycles. The molecule has 2 aliphatic rings. The molecule has 4 heteroatoms. The lowest BCUT2D eigenvalue weighted by Gasteiger charge is -2.26. The zero-order valence-electron chi connectivity index (χ0n) is 13.7. The van der Waals surface area contributed by atoms with E-state index < -0.39 is 0 Å². The van der Waals surface area contributed by atoms with Gasteiger partial charge in [0.2, 0.25) is 0 Å². The van der Waals surface area contributed by atoms with Crippen LogP contribution in [-0.4, -0.2) is 29.3 Å². The molecule has 2 saturated carbocycles. The molecule has 1 aromatic carbocycles. The third kappa shape index (κ3) is 4.71. The van der Waals surface area contributed by atoms with Gasteiger partial charge < -0.3 is 15.2 Å². The zero-order chi connectivity index (χ0) is 16.1. The summed E-state index contributed by atoms with van der Waals surface area (Å²) < 4.78 is 6.04. The monoisotopic (exact) mass is 317 g/mol. The highest BCUT2D eigenvalue weighted by Gasteiger charge is 2.21. The molecule has 0 radical (unpaired) electrons. The summed E-state index contributed by atoms with van der Waals surface area (Å²) in [6.45, 7) is 0. The van der Waals surface area contributed by atoms with Crippen LogP contribution in [0.4, 0.5) is 0 Å². The van der Waals surface area contributed by atoms with Gasteiger partial charge in [-0.3, -0.25) is 4.79 Å². The summed E-state index contributed by atoms with van der Waals surface area (Å²) in [6, 6.07) is 7.68. The van der Waals surface area contributed by atoms with Crippen LogP contribution in [0.25, 0.3) is 0 Å². The Morgan fingerprint density at radius 3 is 2.52 bits per heavy atom. The first-order valence-electron chi connectivity index (χ1n) is 8.96. The fourth-order valence-corrected chi connectivity index (χ4v) is 3.57. The number of hydrogen-bond acceptors (Lipinski definition) is 3. The molecule has 0 bridgehead atoms. The Bertz CT molecular complexity index is 517. The lowest BCUT2D eigenvalue weighted by molar-refractivity contribution is 0.0866. The van der Waals surface area contributed by atoms with Crippen LogP contribution >= 0.6 is 0 Å². The van der Waals surface area contributed by atoms with Crippen LogP contribution in [0.2, 0.25) is 0 Å². The molecule has 4 nitrogen and oxygen atoms in total. The van der Waals surface area contributed by atoms with Gasteiger partial charge in [-0.25, -0.2) is 0 Å². The Morgan fingerprint density at radius 1 is 1.04 bits per heavy atom. The van der Waals surface area contributed by atoms with E-state index in [-0.39, 0.29) is 18.1 Å². The third-order valence-electron chi connectivity index (χ3n) is 4.98. The summed E-state index contributed by atoms with van der Waals surface area (Å²) in [4.78, 5) is 12.4. The van der Waals surface area contributed by atoms with Crippen LogP contribution in [0.3, 0.4) is 0 Å². The third-order valence-corrected chi connectivity index (χ3v) is 4.98. The van der Waals surface area contributed by atoms with E-state index >= 15 is 0 Å². The fourth-order valence-electron chi connectivity index (χ4n) is 3.57. The fraction of sp³-hybridized carbons (Fsp3) is 0.632. The molecule has 0 atom stereocenters. The molecule has 3 rings (SSSR count). The highest BCUT2D eigenvalue weighted by Crippen LogP contribution is 2.24. The van der Waals surface area contributed by atoms with E-state index in [9.17, 15) is 9.90 Å². The van der Waals surface area contributed by atoms with Crippen molar-refractivity contribution < 1.29 is 14.6 Å².